The van der Waals surface area contributed by atoms with Gasteiger partial charge in [0.25, 0.3) is 0 Å². The molecule has 0 fully saturated rings. The summed E-state index contributed by atoms with van der Waals surface area (Å²) in [5.74, 6) is 0. The van der Waals surface area contributed by atoms with Gasteiger partial charge in [0.2, 0.25) is 0 Å². The molecular formula is C18H17N2S. The highest BCUT2D eigenvalue weighted by Crippen LogP contribution is 2.31. The van der Waals surface area contributed by atoms with Gasteiger partial charge in [0.15, 0.2) is 0 Å². The maximum absolute atomic E-state index is 4.30. The molecule has 2 aromatic carbocycles. The molecule has 3 aromatic rings. The van der Waals surface area contributed by atoms with E-state index in [9.17, 15) is 0 Å². The molecule has 0 N–H and O–H groups in total. The molecule has 0 amide bonds. The van der Waals surface area contributed by atoms with Gasteiger partial charge >= 0.3 is 0 Å². The molecule has 1 radical (unpaired) electrons. The van der Waals surface area contributed by atoms with Crippen LogP contribution in [0, 0.1) is 6.07 Å². The van der Waals surface area contributed by atoms with Crippen LogP contribution in [0.3, 0.4) is 0 Å². The van der Waals surface area contributed by atoms with Gasteiger partial charge in [-0.05, 0) is 17.0 Å². The third-order valence-corrected chi connectivity index (χ3v) is 4.37. The van der Waals surface area contributed by atoms with Gasteiger partial charge in [-0.3, -0.25) is 0 Å². The molecule has 21 heavy (non-hydrogen) atoms. The van der Waals surface area contributed by atoms with Crippen LogP contribution in [0.2, 0.25) is 0 Å². The highest BCUT2D eigenvalue weighted by molar-refractivity contribution is 7.17. The second-order valence-corrected chi connectivity index (χ2v) is 6.99. The van der Waals surface area contributed by atoms with E-state index < -0.39 is 0 Å². The summed E-state index contributed by atoms with van der Waals surface area (Å²) in [5.41, 5.74) is 3.60. The van der Waals surface area contributed by atoms with Crippen LogP contribution in [0.1, 0.15) is 26.3 Å². The van der Waals surface area contributed by atoms with Crippen molar-refractivity contribution in [1.29, 1.82) is 0 Å². The van der Waals surface area contributed by atoms with E-state index in [1.807, 2.05) is 24.3 Å². The zero-order valence-corrected chi connectivity index (χ0v) is 13.2. The fourth-order valence-electron chi connectivity index (χ4n) is 2.09. The van der Waals surface area contributed by atoms with Crippen molar-refractivity contribution < 1.29 is 0 Å². The molecule has 3 heteroatoms. The summed E-state index contributed by atoms with van der Waals surface area (Å²) in [6.07, 6.45) is 0. The Labute approximate surface area is 129 Å². The minimum atomic E-state index is 0.170. The van der Waals surface area contributed by atoms with Crippen molar-refractivity contribution in [3.8, 4) is 21.1 Å². The molecule has 0 aliphatic heterocycles. The largest absolute Gasteiger partial charge is 0.148 e. The molecule has 2 nitrogen and oxygen atoms in total. The van der Waals surface area contributed by atoms with Gasteiger partial charge in [-0.25, -0.2) is 0 Å². The average Bonchev–Trinajstić information content (AvgIpc) is 2.97. The van der Waals surface area contributed by atoms with Gasteiger partial charge in [-0.15, -0.1) is 10.2 Å². The van der Waals surface area contributed by atoms with Crippen molar-refractivity contribution in [1.82, 2.24) is 10.2 Å². The molecule has 3 rings (SSSR count). The number of hydrogen-bond donors (Lipinski definition) is 0. The number of benzene rings is 2. The van der Waals surface area contributed by atoms with E-state index in [1.54, 1.807) is 11.3 Å². The van der Waals surface area contributed by atoms with Crippen LogP contribution in [-0.4, -0.2) is 10.2 Å². The first-order valence-corrected chi connectivity index (χ1v) is 7.77. The van der Waals surface area contributed by atoms with Gasteiger partial charge in [-0.1, -0.05) is 80.6 Å². The van der Waals surface area contributed by atoms with Crippen molar-refractivity contribution in [2.45, 2.75) is 26.2 Å². The summed E-state index contributed by atoms with van der Waals surface area (Å²) in [6.45, 7) is 6.66. The lowest BCUT2D eigenvalue weighted by atomic mass is 9.87. The smallest absolute Gasteiger partial charge is 0.138 e. The van der Waals surface area contributed by atoms with E-state index in [2.05, 4.69) is 61.3 Å². The summed E-state index contributed by atoms with van der Waals surface area (Å²) >= 11 is 1.60. The summed E-state index contributed by atoms with van der Waals surface area (Å²) in [4.78, 5) is 0. The molecule has 105 valence electrons. The molecule has 1 aromatic heterocycles. The number of nitrogens with zero attached hydrogens (tertiary/aromatic N) is 2. The Bertz CT molecular complexity index is 722. The minimum Gasteiger partial charge on any atom is -0.138 e. The second kappa shape index (κ2) is 5.41. The number of rotatable bonds is 2. The van der Waals surface area contributed by atoms with Crippen molar-refractivity contribution in [3.63, 3.8) is 0 Å². The van der Waals surface area contributed by atoms with Crippen LogP contribution >= 0.6 is 11.3 Å². The molecule has 0 saturated heterocycles. The Kier molecular flexibility index (Phi) is 3.60. The Hall–Kier alpha value is -2.00. The Morgan fingerprint density at radius 2 is 1.62 bits per heavy atom. The molecule has 0 atom stereocenters. The summed E-state index contributed by atoms with van der Waals surface area (Å²) in [5, 5.41) is 10.4. The van der Waals surface area contributed by atoms with Crippen molar-refractivity contribution in [2.75, 3.05) is 0 Å². The summed E-state index contributed by atoms with van der Waals surface area (Å²) < 4.78 is 0. The van der Waals surface area contributed by atoms with Crippen LogP contribution in [0.5, 0.6) is 0 Å². The first-order chi connectivity index (χ1) is 10.0. The van der Waals surface area contributed by atoms with Gasteiger partial charge < -0.3 is 0 Å². The number of aromatic nitrogens is 2. The lowest BCUT2D eigenvalue weighted by molar-refractivity contribution is 0.590. The topological polar surface area (TPSA) is 25.8 Å². The van der Waals surface area contributed by atoms with Gasteiger partial charge in [0.1, 0.15) is 10.0 Å². The highest BCUT2D eigenvalue weighted by Gasteiger charge is 2.14. The first-order valence-electron chi connectivity index (χ1n) is 6.95. The minimum absolute atomic E-state index is 0.170. The van der Waals surface area contributed by atoms with Crippen molar-refractivity contribution >= 4 is 11.3 Å². The Morgan fingerprint density at radius 1 is 0.905 bits per heavy atom. The van der Waals surface area contributed by atoms with E-state index >= 15 is 0 Å². The molecule has 0 spiro atoms. The third kappa shape index (κ3) is 3.03. The van der Waals surface area contributed by atoms with Crippen LogP contribution < -0.4 is 0 Å². The standard InChI is InChI=1S/C18H17N2S/c1-18(2,3)15-11-9-14(10-12-15)17-20-19-16(21-17)13-7-5-4-6-8-13/h4-7,9-12H,1-3H3. The van der Waals surface area contributed by atoms with Crippen molar-refractivity contribution in [2.24, 2.45) is 0 Å². The summed E-state index contributed by atoms with van der Waals surface area (Å²) in [7, 11) is 0. The molecule has 1 heterocycles. The predicted molar refractivity (Wildman–Crippen MR) is 88.3 cm³/mol. The molecule has 0 bridgehead atoms. The van der Waals surface area contributed by atoms with Crippen molar-refractivity contribution in [3.05, 3.63) is 60.2 Å². The van der Waals surface area contributed by atoms with Crippen LogP contribution in [0.25, 0.3) is 21.1 Å². The van der Waals surface area contributed by atoms with Gasteiger partial charge in [0.05, 0.1) is 0 Å². The maximum atomic E-state index is 4.30. The monoisotopic (exact) mass is 293 g/mol. The molecule has 0 unspecified atom stereocenters. The van der Waals surface area contributed by atoms with E-state index in [0.29, 0.717) is 0 Å². The lowest BCUT2D eigenvalue weighted by Gasteiger charge is -2.18. The number of hydrogen-bond acceptors (Lipinski definition) is 3. The molecule has 0 aliphatic rings. The van der Waals surface area contributed by atoms with E-state index in [0.717, 1.165) is 21.1 Å². The molecule has 0 aliphatic carbocycles. The van der Waals surface area contributed by atoms with E-state index in [-0.39, 0.29) is 5.41 Å². The normalized spacial score (nSPS) is 11.6. The lowest BCUT2D eigenvalue weighted by Crippen LogP contribution is -2.10. The van der Waals surface area contributed by atoms with E-state index in [4.69, 9.17) is 0 Å². The second-order valence-electron chi connectivity index (χ2n) is 6.02. The predicted octanol–water partition coefficient (Wildman–Crippen LogP) is 4.97. The van der Waals surface area contributed by atoms with Gasteiger partial charge in [-0.2, -0.15) is 0 Å². The molecular weight excluding hydrogens is 276 g/mol. The molecule has 0 saturated carbocycles. The quantitative estimate of drug-likeness (QED) is 0.666. The zero-order valence-electron chi connectivity index (χ0n) is 12.4. The SMILES string of the molecule is CC(C)(C)c1ccc(-c2nnc(-c3[c]cccc3)s2)cc1. The van der Waals surface area contributed by atoms with Gasteiger partial charge in [0, 0.05) is 11.1 Å². The summed E-state index contributed by atoms with van der Waals surface area (Å²) in [6, 6.07) is 19.6. The fourth-order valence-corrected chi connectivity index (χ4v) is 2.93. The van der Waals surface area contributed by atoms with Crippen LogP contribution in [0.4, 0.5) is 0 Å². The Balaban J connectivity index is 1.90. The fraction of sp³-hybridized carbons (Fsp3) is 0.222. The Morgan fingerprint density at radius 3 is 2.24 bits per heavy atom. The van der Waals surface area contributed by atoms with E-state index in [1.165, 1.54) is 5.56 Å². The zero-order chi connectivity index (χ0) is 14.9. The highest BCUT2D eigenvalue weighted by atomic mass is 32.1. The maximum Gasteiger partial charge on any atom is 0.148 e. The van der Waals surface area contributed by atoms with Crippen LogP contribution in [0.15, 0.2) is 48.5 Å². The third-order valence-electron chi connectivity index (χ3n) is 3.36. The first kappa shape index (κ1) is 14.0. The van der Waals surface area contributed by atoms with Crippen LogP contribution in [-0.2, 0) is 5.41 Å². The average molecular weight is 293 g/mol.